The molecule has 43 heavy (non-hydrogen) atoms. The van der Waals surface area contributed by atoms with Crippen LogP contribution in [0.4, 0.5) is 0 Å². The van der Waals surface area contributed by atoms with E-state index in [1.54, 1.807) is 12.1 Å². The fourth-order valence-corrected chi connectivity index (χ4v) is 4.02. The van der Waals surface area contributed by atoms with Crippen LogP contribution in [0.15, 0.2) is 53.5 Å². The van der Waals surface area contributed by atoms with Crippen molar-refractivity contribution in [1.82, 2.24) is 16.0 Å². The number of aliphatic hydroxyl groups is 1. The molecule has 2 rings (SSSR count). The van der Waals surface area contributed by atoms with E-state index in [2.05, 4.69) is 20.9 Å². The van der Waals surface area contributed by atoms with E-state index in [4.69, 9.17) is 17.2 Å². The third-order valence-electron chi connectivity index (χ3n) is 6.36. The molecule has 0 aliphatic heterocycles. The Morgan fingerprint density at radius 1 is 0.791 bits per heavy atom. The monoisotopic (exact) mass is 601 g/mol. The van der Waals surface area contributed by atoms with Gasteiger partial charge in [-0.2, -0.15) is 0 Å². The zero-order valence-electron chi connectivity index (χ0n) is 23.6. The third kappa shape index (κ3) is 11.9. The van der Waals surface area contributed by atoms with E-state index in [0.717, 1.165) is 0 Å². The lowest BCUT2D eigenvalue weighted by atomic mass is 10.0. The first-order valence-corrected chi connectivity index (χ1v) is 13.5. The summed E-state index contributed by atoms with van der Waals surface area (Å²) >= 11 is 0. The van der Waals surface area contributed by atoms with Crippen molar-refractivity contribution in [2.75, 3.05) is 6.54 Å². The average Bonchev–Trinajstić information content (AvgIpc) is 2.94. The molecular weight excluding hydrogens is 562 g/mol. The number of benzene rings is 2. The van der Waals surface area contributed by atoms with E-state index >= 15 is 0 Å². The molecule has 3 amide bonds. The highest BCUT2D eigenvalue weighted by atomic mass is 16.4. The molecule has 0 radical (unpaired) electrons. The molecule has 0 aliphatic carbocycles. The molecule has 5 unspecified atom stereocenters. The summed E-state index contributed by atoms with van der Waals surface area (Å²) in [6, 6.07) is 6.54. The molecule has 0 aromatic heterocycles. The molecule has 15 heteroatoms. The van der Waals surface area contributed by atoms with Gasteiger partial charge in [-0.25, -0.2) is 4.79 Å². The fraction of sp³-hybridized carbons (Fsp3) is 0.393. The zero-order chi connectivity index (χ0) is 32.1. The molecule has 0 bridgehead atoms. The molecule has 13 N–H and O–H groups in total. The summed E-state index contributed by atoms with van der Waals surface area (Å²) in [5.74, 6) is -3.96. The summed E-state index contributed by atoms with van der Waals surface area (Å²) in [7, 11) is 0. The van der Waals surface area contributed by atoms with Crippen molar-refractivity contribution in [3.8, 4) is 11.5 Å². The van der Waals surface area contributed by atoms with Crippen LogP contribution in [0.3, 0.4) is 0 Å². The molecule has 2 aromatic rings. The van der Waals surface area contributed by atoms with Gasteiger partial charge in [-0.05, 0) is 61.6 Å². The molecule has 0 fully saturated rings. The number of hydrogen-bond donors (Lipinski definition) is 10. The highest BCUT2D eigenvalue weighted by Crippen LogP contribution is 2.13. The van der Waals surface area contributed by atoms with Gasteiger partial charge in [0.15, 0.2) is 5.96 Å². The summed E-state index contributed by atoms with van der Waals surface area (Å²) in [6.07, 6.45) is -1.22. The normalized spacial score (nSPS) is 14.3. The van der Waals surface area contributed by atoms with Crippen molar-refractivity contribution >= 4 is 29.7 Å². The highest BCUT2D eigenvalue weighted by Gasteiger charge is 2.32. The van der Waals surface area contributed by atoms with E-state index in [-0.39, 0.29) is 49.7 Å². The molecule has 0 saturated carbocycles. The minimum Gasteiger partial charge on any atom is -0.508 e. The number of aliphatic carboxylic acids is 1. The molecule has 0 saturated heterocycles. The van der Waals surface area contributed by atoms with Gasteiger partial charge in [0.25, 0.3) is 0 Å². The number of nitrogens with one attached hydrogen (secondary N) is 3. The van der Waals surface area contributed by atoms with Gasteiger partial charge in [0.2, 0.25) is 17.7 Å². The number of guanidine groups is 1. The van der Waals surface area contributed by atoms with E-state index in [9.17, 15) is 39.6 Å². The van der Waals surface area contributed by atoms with Crippen LogP contribution in [0.25, 0.3) is 0 Å². The Labute approximate surface area is 248 Å². The lowest BCUT2D eigenvalue weighted by Crippen LogP contribution is -2.60. The number of carboxylic acid groups (broad SMARTS) is 1. The fourth-order valence-electron chi connectivity index (χ4n) is 4.02. The number of amides is 3. The summed E-state index contributed by atoms with van der Waals surface area (Å²) in [6.45, 7) is 1.38. The Morgan fingerprint density at radius 3 is 1.79 bits per heavy atom. The van der Waals surface area contributed by atoms with Gasteiger partial charge in [-0.15, -0.1) is 0 Å². The summed E-state index contributed by atoms with van der Waals surface area (Å²) < 4.78 is 0. The van der Waals surface area contributed by atoms with Gasteiger partial charge in [0.1, 0.15) is 29.6 Å². The van der Waals surface area contributed by atoms with Crippen LogP contribution in [0.5, 0.6) is 11.5 Å². The van der Waals surface area contributed by atoms with Gasteiger partial charge in [0.05, 0.1) is 12.1 Å². The SMILES string of the molecule is CC(O)C(NC(=O)C(N)Cc1ccc(O)cc1)C(=O)NC(CCCN=C(N)N)C(=O)NC(Cc1ccc(O)cc1)C(=O)O. The summed E-state index contributed by atoms with van der Waals surface area (Å²) in [5.41, 5.74) is 17.8. The van der Waals surface area contributed by atoms with E-state index in [0.29, 0.717) is 11.1 Å². The van der Waals surface area contributed by atoms with Crippen LogP contribution in [-0.2, 0) is 32.0 Å². The van der Waals surface area contributed by atoms with Crippen LogP contribution < -0.4 is 33.2 Å². The number of nitrogens with two attached hydrogens (primary N) is 3. The number of phenols is 2. The molecule has 0 spiro atoms. The van der Waals surface area contributed by atoms with E-state index < -0.39 is 54.0 Å². The lowest BCUT2D eigenvalue weighted by molar-refractivity contribution is -0.142. The lowest BCUT2D eigenvalue weighted by Gasteiger charge is -2.26. The van der Waals surface area contributed by atoms with Crippen LogP contribution in [-0.4, -0.2) is 86.9 Å². The third-order valence-corrected chi connectivity index (χ3v) is 6.36. The molecule has 15 nitrogen and oxygen atoms in total. The van der Waals surface area contributed by atoms with E-state index in [1.807, 2.05) is 0 Å². The Bertz CT molecular complexity index is 1260. The maximum Gasteiger partial charge on any atom is 0.326 e. The number of aromatic hydroxyl groups is 2. The smallest absolute Gasteiger partial charge is 0.326 e. The van der Waals surface area contributed by atoms with Crippen molar-refractivity contribution in [2.24, 2.45) is 22.2 Å². The second-order valence-corrected chi connectivity index (χ2v) is 9.98. The maximum atomic E-state index is 13.2. The zero-order valence-corrected chi connectivity index (χ0v) is 23.6. The highest BCUT2D eigenvalue weighted by molar-refractivity contribution is 5.94. The van der Waals surface area contributed by atoms with Gasteiger partial charge >= 0.3 is 5.97 Å². The first kappa shape index (κ1) is 34.3. The Balaban J connectivity index is 2.15. The Morgan fingerprint density at radius 2 is 1.30 bits per heavy atom. The predicted molar refractivity (Wildman–Crippen MR) is 157 cm³/mol. The summed E-state index contributed by atoms with van der Waals surface area (Å²) in [4.78, 5) is 54.9. The standard InChI is InChI=1S/C28H39N7O8/c1-15(36)23(35-24(39)20(29)13-16-4-8-18(37)9-5-16)26(41)33-21(3-2-12-32-28(30)31)25(40)34-22(27(42)43)14-17-6-10-19(38)11-7-17/h4-11,15,20-23,36-38H,2-3,12-14,29H2,1H3,(H,33,41)(H,34,40)(H,35,39)(H,42,43)(H4,30,31,32). The van der Waals surface area contributed by atoms with E-state index in [1.165, 1.54) is 43.3 Å². The molecule has 0 heterocycles. The second kappa shape index (κ2) is 16.5. The summed E-state index contributed by atoms with van der Waals surface area (Å²) in [5, 5.41) is 46.2. The number of aliphatic imine (C=N–C) groups is 1. The van der Waals surface area contributed by atoms with Crippen molar-refractivity contribution in [2.45, 2.75) is 62.9 Å². The van der Waals surface area contributed by atoms with Crippen molar-refractivity contribution < 1.29 is 39.6 Å². The van der Waals surface area contributed by atoms with Gasteiger partial charge < -0.3 is 53.6 Å². The number of rotatable bonds is 16. The molecule has 234 valence electrons. The molecule has 2 aromatic carbocycles. The number of phenolic OH excluding ortho intramolecular Hbond substituents is 2. The number of hydrogen-bond acceptors (Lipinski definition) is 9. The average molecular weight is 602 g/mol. The number of nitrogens with zero attached hydrogens (tertiary/aromatic N) is 1. The number of carbonyl (C=O) groups excluding carboxylic acids is 3. The Hall–Kier alpha value is -4.89. The van der Waals surface area contributed by atoms with Crippen LogP contribution in [0.2, 0.25) is 0 Å². The van der Waals surface area contributed by atoms with Crippen molar-refractivity contribution in [1.29, 1.82) is 0 Å². The second-order valence-electron chi connectivity index (χ2n) is 9.98. The van der Waals surface area contributed by atoms with Gasteiger partial charge in [0, 0.05) is 13.0 Å². The van der Waals surface area contributed by atoms with Gasteiger partial charge in [-0.1, -0.05) is 24.3 Å². The van der Waals surface area contributed by atoms with Crippen LogP contribution in [0.1, 0.15) is 30.9 Å². The predicted octanol–water partition coefficient (Wildman–Crippen LogP) is -1.82. The minimum absolute atomic E-state index is 0.00993. The first-order valence-electron chi connectivity index (χ1n) is 13.5. The molecule has 5 atom stereocenters. The van der Waals surface area contributed by atoms with Gasteiger partial charge in [-0.3, -0.25) is 19.4 Å². The van der Waals surface area contributed by atoms with Crippen molar-refractivity contribution in [3.63, 3.8) is 0 Å². The van der Waals surface area contributed by atoms with Crippen LogP contribution in [0, 0.1) is 0 Å². The Kier molecular flexibility index (Phi) is 13.2. The minimum atomic E-state index is -1.50. The van der Waals surface area contributed by atoms with Crippen LogP contribution >= 0.6 is 0 Å². The quantitative estimate of drug-likeness (QED) is 0.0581. The topological polar surface area (TPSA) is 276 Å². The number of carboxylic acids is 1. The first-order chi connectivity index (χ1) is 20.3. The van der Waals surface area contributed by atoms with Crippen molar-refractivity contribution in [3.05, 3.63) is 59.7 Å². The largest absolute Gasteiger partial charge is 0.508 e. The molecule has 0 aliphatic rings. The molecular formula is C28H39N7O8. The number of carbonyl (C=O) groups is 4. The number of aliphatic hydroxyl groups excluding tert-OH is 1. The maximum absolute atomic E-state index is 13.2.